The van der Waals surface area contributed by atoms with Crippen LogP contribution in [0.4, 0.5) is 10.5 Å². The normalized spacial score (nSPS) is 17.6. The molecule has 0 aromatic heterocycles. The second-order valence-corrected chi connectivity index (χ2v) is 5.21. The summed E-state index contributed by atoms with van der Waals surface area (Å²) in [6, 6.07) is 7.54. The Morgan fingerprint density at radius 2 is 2.38 bits per heavy atom. The highest BCUT2D eigenvalue weighted by Crippen LogP contribution is 2.22. The number of ether oxygens (including phenoxy) is 1. The molecule has 5 nitrogen and oxygen atoms in total. The van der Waals surface area contributed by atoms with E-state index in [1.54, 1.807) is 19.2 Å². The van der Waals surface area contributed by atoms with Crippen LogP contribution in [-0.4, -0.2) is 37.2 Å². The van der Waals surface area contributed by atoms with Crippen LogP contribution in [0.5, 0.6) is 0 Å². The molecule has 1 atom stereocenters. The van der Waals surface area contributed by atoms with E-state index in [0.717, 1.165) is 37.1 Å². The van der Waals surface area contributed by atoms with Crippen LogP contribution >= 0.6 is 0 Å². The van der Waals surface area contributed by atoms with Crippen molar-refractivity contribution in [2.75, 3.05) is 25.6 Å². The van der Waals surface area contributed by atoms with Gasteiger partial charge in [-0.05, 0) is 43.0 Å². The number of urea groups is 1. The minimum Gasteiger partial charge on any atom is -0.383 e. The number of methoxy groups -OCH3 is 1. The second-order valence-electron chi connectivity index (χ2n) is 5.21. The van der Waals surface area contributed by atoms with E-state index in [2.05, 4.69) is 11.4 Å². The van der Waals surface area contributed by atoms with Crippen LogP contribution in [-0.2, 0) is 11.2 Å². The SMILES string of the molecule is CCc1cc(C#N)ccc1NC(=O)N1CCC[C@H]1COC. The molecule has 1 aromatic rings. The Morgan fingerprint density at radius 1 is 1.57 bits per heavy atom. The first-order chi connectivity index (χ1) is 10.2. The molecule has 112 valence electrons. The molecule has 21 heavy (non-hydrogen) atoms. The summed E-state index contributed by atoms with van der Waals surface area (Å²) in [6.45, 7) is 3.34. The summed E-state index contributed by atoms with van der Waals surface area (Å²) in [6.07, 6.45) is 2.76. The van der Waals surface area contributed by atoms with E-state index < -0.39 is 0 Å². The minimum absolute atomic E-state index is 0.0889. The molecule has 2 rings (SSSR count). The van der Waals surface area contributed by atoms with Gasteiger partial charge in [-0.1, -0.05) is 6.92 Å². The number of anilines is 1. The monoisotopic (exact) mass is 287 g/mol. The van der Waals surface area contributed by atoms with Crippen LogP contribution in [0.3, 0.4) is 0 Å². The molecule has 1 aliphatic heterocycles. The summed E-state index contributed by atoms with van der Waals surface area (Å²) in [5.74, 6) is 0. The standard InChI is InChI=1S/C16H21N3O2/c1-3-13-9-12(10-17)6-7-15(13)18-16(20)19-8-4-5-14(19)11-21-2/h6-7,9,14H,3-5,8,11H2,1-2H3,(H,18,20)/t14-/m0/s1. The van der Waals surface area contributed by atoms with E-state index in [9.17, 15) is 4.79 Å². The number of hydrogen-bond donors (Lipinski definition) is 1. The van der Waals surface area contributed by atoms with E-state index >= 15 is 0 Å². The zero-order valence-electron chi connectivity index (χ0n) is 12.6. The number of likely N-dealkylation sites (tertiary alicyclic amines) is 1. The number of nitrogens with zero attached hydrogens (tertiary/aromatic N) is 2. The van der Waals surface area contributed by atoms with E-state index in [-0.39, 0.29) is 12.1 Å². The number of hydrogen-bond acceptors (Lipinski definition) is 3. The Kier molecular flexibility index (Phi) is 5.18. The molecule has 0 saturated carbocycles. The molecule has 1 N–H and O–H groups in total. The van der Waals surface area contributed by atoms with E-state index in [1.165, 1.54) is 0 Å². The number of carbonyl (C=O) groups is 1. The van der Waals surface area contributed by atoms with Gasteiger partial charge in [-0.2, -0.15) is 5.26 Å². The molecule has 2 amide bonds. The lowest BCUT2D eigenvalue weighted by atomic mass is 10.1. The summed E-state index contributed by atoms with van der Waals surface area (Å²) < 4.78 is 5.17. The summed E-state index contributed by atoms with van der Waals surface area (Å²) in [5, 5.41) is 11.9. The van der Waals surface area contributed by atoms with Gasteiger partial charge in [0.05, 0.1) is 24.3 Å². The molecule has 0 spiro atoms. The Balaban J connectivity index is 2.10. The van der Waals surface area contributed by atoms with Crippen molar-refractivity contribution in [2.24, 2.45) is 0 Å². The zero-order chi connectivity index (χ0) is 15.2. The fourth-order valence-electron chi connectivity index (χ4n) is 2.73. The lowest BCUT2D eigenvalue weighted by Gasteiger charge is -2.25. The molecular formula is C16H21N3O2. The summed E-state index contributed by atoms with van der Waals surface area (Å²) in [5.41, 5.74) is 2.37. The van der Waals surface area contributed by atoms with Crippen LogP contribution in [0.1, 0.15) is 30.9 Å². The van der Waals surface area contributed by atoms with Crippen LogP contribution in [0, 0.1) is 11.3 Å². The first kappa shape index (κ1) is 15.3. The topological polar surface area (TPSA) is 65.4 Å². The number of nitrogens with one attached hydrogen (secondary N) is 1. The van der Waals surface area contributed by atoms with E-state index in [1.807, 2.05) is 17.9 Å². The van der Waals surface area contributed by atoms with Crippen LogP contribution < -0.4 is 5.32 Å². The molecule has 1 aromatic carbocycles. The van der Waals surface area contributed by atoms with Gasteiger partial charge in [-0.15, -0.1) is 0 Å². The maximum atomic E-state index is 12.4. The van der Waals surface area contributed by atoms with E-state index in [4.69, 9.17) is 10.00 Å². The third-order valence-corrected chi connectivity index (χ3v) is 3.85. The first-order valence-electron chi connectivity index (χ1n) is 7.29. The molecule has 1 fully saturated rings. The van der Waals surface area contributed by atoms with Gasteiger partial charge in [0.15, 0.2) is 0 Å². The predicted octanol–water partition coefficient (Wildman–Crippen LogP) is 2.76. The Labute approximate surface area is 125 Å². The van der Waals surface area contributed by atoms with Crippen LogP contribution in [0.25, 0.3) is 0 Å². The number of rotatable bonds is 4. The first-order valence-corrected chi connectivity index (χ1v) is 7.29. The van der Waals surface area contributed by atoms with Crippen LogP contribution in [0.15, 0.2) is 18.2 Å². The fraction of sp³-hybridized carbons (Fsp3) is 0.500. The van der Waals surface area contributed by atoms with Gasteiger partial charge >= 0.3 is 6.03 Å². The number of nitriles is 1. The molecule has 0 unspecified atom stereocenters. The third-order valence-electron chi connectivity index (χ3n) is 3.85. The Morgan fingerprint density at radius 3 is 3.05 bits per heavy atom. The van der Waals surface area contributed by atoms with Crippen molar-refractivity contribution in [1.82, 2.24) is 4.90 Å². The second kappa shape index (κ2) is 7.09. The van der Waals surface area contributed by atoms with Crippen molar-refractivity contribution in [3.8, 4) is 6.07 Å². The smallest absolute Gasteiger partial charge is 0.322 e. The van der Waals surface area contributed by atoms with Gasteiger partial charge in [-0.3, -0.25) is 0 Å². The highest BCUT2D eigenvalue weighted by Gasteiger charge is 2.28. The molecular weight excluding hydrogens is 266 g/mol. The van der Waals surface area contributed by atoms with Crippen molar-refractivity contribution in [3.63, 3.8) is 0 Å². The molecule has 5 heteroatoms. The number of benzene rings is 1. The molecule has 1 saturated heterocycles. The average molecular weight is 287 g/mol. The Bertz CT molecular complexity index is 551. The zero-order valence-corrected chi connectivity index (χ0v) is 12.6. The predicted molar refractivity (Wildman–Crippen MR) is 81.2 cm³/mol. The molecule has 0 aliphatic carbocycles. The summed E-state index contributed by atoms with van der Waals surface area (Å²) in [7, 11) is 1.66. The van der Waals surface area contributed by atoms with Gasteiger partial charge in [0.2, 0.25) is 0 Å². The summed E-state index contributed by atoms with van der Waals surface area (Å²) in [4.78, 5) is 14.3. The lowest BCUT2D eigenvalue weighted by Crippen LogP contribution is -2.41. The lowest BCUT2D eigenvalue weighted by molar-refractivity contribution is 0.128. The summed E-state index contributed by atoms with van der Waals surface area (Å²) >= 11 is 0. The largest absolute Gasteiger partial charge is 0.383 e. The highest BCUT2D eigenvalue weighted by atomic mass is 16.5. The van der Waals surface area contributed by atoms with Crippen LogP contribution in [0.2, 0.25) is 0 Å². The van der Waals surface area contributed by atoms with E-state index in [0.29, 0.717) is 12.2 Å². The van der Waals surface area contributed by atoms with Gasteiger partial charge < -0.3 is 15.0 Å². The van der Waals surface area contributed by atoms with Gasteiger partial charge in [0.25, 0.3) is 0 Å². The molecule has 0 radical (unpaired) electrons. The number of aryl methyl sites for hydroxylation is 1. The van der Waals surface area contributed by atoms with Crippen molar-refractivity contribution in [1.29, 1.82) is 5.26 Å². The molecule has 1 heterocycles. The Hall–Kier alpha value is -2.06. The third kappa shape index (κ3) is 3.53. The quantitative estimate of drug-likeness (QED) is 0.926. The van der Waals surface area contributed by atoms with Crippen molar-refractivity contribution < 1.29 is 9.53 Å². The number of carbonyl (C=O) groups excluding carboxylic acids is 1. The molecule has 1 aliphatic rings. The maximum absolute atomic E-state index is 12.4. The van der Waals surface area contributed by atoms with Crippen molar-refractivity contribution >= 4 is 11.7 Å². The highest BCUT2D eigenvalue weighted by molar-refractivity contribution is 5.90. The fourth-order valence-corrected chi connectivity index (χ4v) is 2.73. The van der Waals surface area contributed by atoms with Gasteiger partial charge in [-0.25, -0.2) is 4.79 Å². The van der Waals surface area contributed by atoms with Gasteiger partial charge in [0, 0.05) is 19.3 Å². The van der Waals surface area contributed by atoms with Gasteiger partial charge in [0.1, 0.15) is 0 Å². The molecule has 0 bridgehead atoms. The van der Waals surface area contributed by atoms with Crippen molar-refractivity contribution in [3.05, 3.63) is 29.3 Å². The number of amides is 2. The maximum Gasteiger partial charge on any atom is 0.322 e. The minimum atomic E-state index is -0.0889. The van der Waals surface area contributed by atoms with Crippen molar-refractivity contribution in [2.45, 2.75) is 32.2 Å². The average Bonchev–Trinajstić information content (AvgIpc) is 2.96.